The molecule has 6 nitrogen and oxygen atoms in total. The van der Waals surface area contributed by atoms with Crippen LogP contribution in [-0.2, 0) is 11.3 Å². The number of nitrogens with zero attached hydrogens (tertiary/aromatic N) is 1. The highest BCUT2D eigenvalue weighted by molar-refractivity contribution is 6.16. The molecule has 1 heterocycles. The lowest BCUT2D eigenvalue weighted by Gasteiger charge is -2.16. The van der Waals surface area contributed by atoms with E-state index in [1.54, 1.807) is 36.3 Å². The fourth-order valence-corrected chi connectivity index (χ4v) is 3.82. The van der Waals surface area contributed by atoms with Gasteiger partial charge >= 0.3 is 5.97 Å². The Morgan fingerprint density at radius 3 is 2.30 bits per heavy atom. The number of carbonyl (C=O) groups excluding carboxylic acids is 2. The smallest absolute Gasteiger partial charge is 0.308 e. The van der Waals surface area contributed by atoms with Crippen LogP contribution in [0.1, 0.15) is 36.2 Å². The molecule has 0 N–H and O–H groups in total. The van der Waals surface area contributed by atoms with Gasteiger partial charge in [0.05, 0.1) is 25.8 Å². The third kappa shape index (κ3) is 3.34. The zero-order chi connectivity index (χ0) is 21.3. The van der Waals surface area contributed by atoms with E-state index in [4.69, 9.17) is 14.2 Å². The van der Waals surface area contributed by atoms with Crippen LogP contribution in [0.4, 0.5) is 5.69 Å². The van der Waals surface area contributed by atoms with Crippen LogP contribution < -0.4 is 19.1 Å². The Balaban J connectivity index is 1.81. The zero-order valence-corrected chi connectivity index (χ0v) is 17.2. The minimum absolute atomic E-state index is 0.144. The van der Waals surface area contributed by atoms with Crippen molar-refractivity contribution >= 4 is 28.3 Å². The predicted octanol–water partition coefficient (Wildman–Crippen LogP) is 4.72. The monoisotopic (exact) mass is 405 g/mol. The Bertz CT molecular complexity index is 1120. The van der Waals surface area contributed by atoms with Crippen LogP contribution in [0, 0.1) is 0 Å². The number of hydrogen-bond donors (Lipinski definition) is 0. The van der Waals surface area contributed by atoms with Gasteiger partial charge in [0.2, 0.25) is 0 Å². The van der Waals surface area contributed by atoms with Gasteiger partial charge in [-0.2, -0.15) is 0 Å². The first-order valence-electron chi connectivity index (χ1n) is 9.89. The van der Waals surface area contributed by atoms with E-state index in [1.165, 1.54) is 6.92 Å². The van der Waals surface area contributed by atoms with Gasteiger partial charge in [-0.3, -0.25) is 9.59 Å². The normalized spacial score (nSPS) is 12.8. The summed E-state index contributed by atoms with van der Waals surface area (Å²) in [4.78, 5) is 26.2. The van der Waals surface area contributed by atoms with Crippen LogP contribution >= 0.6 is 0 Å². The third-order valence-electron chi connectivity index (χ3n) is 5.06. The lowest BCUT2D eigenvalue weighted by Crippen LogP contribution is -2.23. The van der Waals surface area contributed by atoms with Crippen LogP contribution in [0.3, 0.4) is 0 Å². The van der Waals surface area contributed by atoms with Crippen LogP contribution in [-0.4, -0.2) is 25.6 Å². The van der Waals surface area contributed by atoms with E-state index in [0.717, 1.165) is 28.5 Å². The number of carbonyl (C=O) groups is 2. The summed E-state index contributed by atoms with van der Waals surface area (Å²) in [5.41, 5.74) is 2.07. The number of rotatable bonds is 6. The van der Waals surface area contributed by atoms with E-state index in [0.29, 0.717) is 35.9 Å². The lowest BCUT2D eigenvalue weighted by molar-refractivity contribution is -0.131. The first-order valence-corrected chi connectivity index (χ1v) is 9.89. The quantitative estimate of drug-likeness (QED) is 0.438. The Kier molecular flexibility index (Phi) is 5.31. The summed E-state index contributed by atoms with van der Waals surface area (Å²) in [5.74, 6) is 1.20. The van der Waals surface area contributed by atoms with Crippen molar-refractivity contribution in [3.8, 4) is 17.2 Å². The van der Waals surface area contributed by atoms with Gasteiger partial charge in [-0.25, -0.2) is 0 Å². The van der Waals surface area contributed by atoms with Crippen LogP contribution in [0.15, 0.2) is 48.5 Å². The molecule has 0 unspecified atom stereocenters. The average molecular weight is 405 g/mol. The highest BCUT2D eigenvalue weighted by Crippen LogP contribution is 2.46. The van der Waals surface area contributed by atoms with Crippen LogP contribution in [0.5, 0.6) is 17.2 Å². The summed E-state index contributed by atoms with van der Waals surface area (Å²) in [6.07, 6.45) is 0.865. The van der Waals surface area contributed by atoms with Crippen molar-refractivity contribution in [2.75, 3.05) is 18.6 Å². The van der Waals surface area contributed by atoms with Crippen LogP contribution in [0.2, 0.25) is 0 Å². The molecule has 0 spiro atoms. The number of fused-ring (bicyclic) bond motifs is 2. The van der Waals surface area contributed by atoms with E-state index in [-0.39, 0.29) is 11.9 Å². The molecule has 154 valence electrons. The zero-order valence-electron chi connectivity index (χ0n) is 17.2. The van der Waals surface area contributed by atoms with Gasteiger partial charge in [0.25, 0.3) is 5.91 Å². The highest BCUT2D eigenvalue weighted by Gasteiger charge is 2.36. The molecule has 6 heteroatoms. The molecule has 0 saturated heterocycles. The van der Waals surface area contributed by atoms with E-state index in [1.807, 2.05) is 31.2 Å². The minimum atomic E-state index is -0.387. The average Bonchev–Trinajstić information content (AvgIpc) is 3.08. The van der Waals surface area contributed by atoms with Gasteiger partial charge in [-0.1, -0.05) is 31.2 Å². The largest absolute Gasteiger partial charge is 0.495 e. The number of esters is 1. The molecule has 0 atom stereocenters. The van der Waals surface area contributed by atoms with Gasteiger partial charge in [-0.15, -0.1) is 0 Å². The first-order chi connectivity index (χ1) is 14.5. The van der Waals surface area contributed by atoms with Crippen molar-refractivity contribution in [2.24, 2.45) is 0 Å². The second-order valence-electron chi connectivity index (χ2n) is 7.09. The molecule has 0 fully saturated rings. The van der Waals surface area contributed by atoms with E-state index in [2.05, 4.69) is 0 Å². The minimum Gasteiger partial charge on any atom is -0.495 e. The maximum absolute atomic E-state index is 13.4. The molecule has 4 rings (SSSR count). The molecule has 0 radical (unpaired) electrons. The van der Waals surface area contributed by atoms with Crippen molar-refractivity contribution in [3.05, 3.63) is 59.7 Å². The SMILES string of the molecule is CCCOc1c2c(c(OC)c3ccccc13)C(=O)N(c1ccc(OC(C)=O)cc1)C2. The Hall–Kier alpha value is -3.54. The van der Waals surface area contributed by atoms with Gasteiger partial charge in [0.15, 0.2) is 0 Å². The lowest BCUT2D eigenvalue weighted by atomic mass is 9.99. The molecular weight excluding hydrogens is 382 g/mol. The summed E-state index contributed by atoms with van der Waals surface area (Å²) in [7, 11) is 1.58. The maximum Gasteiger partial charge on any atom is 0.308 e. The molecule has 30 heavy (non-hydrogen) atoms. The van der Waals surface area contributed by atoms with E-state index < -0.39 is 0 Å². The van der Waals surface area contributed by atoms with Gasteiger partial charge in [-0.05, 0) is 30.7 Å². The standard InChI is InChI=1S/C24H23NO5/c1-4-13-29-22-18-7-5-6-8-19(18)23(28-3)21-20(22)14-25(24(21)27)16-9-11-17(12-10-16)30-15(2)26/h5-12H,4,13-14H2,1-3H3. The molecule has 0 saturated carbocycles. The third-order valence-corrected chi connectivity index (χ3v) is 5.06. The van der Waals surface area contributed by atoms with E-state index in [9.17, 15) is 9.59 Å². The first kappa shape index (κ1) is 19.8. The second kappa shape index (κ2) is 8.06. The molecule has 0 aliphatic carbocycles. The highest BCUT2D eigenvalue weighted by atomic mass is 16.5. The number of anilines is 1. The summed E-state index contributed by atoms with van der Waals surface area (Å²) in [5, 5.41) is 1.78. The maximum atomic E-state index is 13.4. The summed E-state index contributed by atoms with van der Waals surface area (Å²) in [6.45, 7) is 4.34. The van der Waals surface area contributed by atoms with Crippen molar-refractivity contribution in [1.29, 1.82) is 0 Å². The molecule has 3 aromatic rings. The van der Waals surface area contributed by atoms with Crippen molar-refractivity contribution < 1.29 is 23.8 Å². The van der Waals surface area contributed by atoms with Gasteiger partial charge < -0.3 is 19.1 Å². The fraction of sp³-hybridized carbons (Fsp3) is 0.250. The van der Waals surface area contributed by atoms with E-state index >= 15 is 0 Å². The van der Waals surface area contributed by atoms with Crippen molar-refractivity contribution in [3.63, 3.8) is 0 Å². The molecule has 0 aromatic heterocycles. The molecule has 1 amide bonds. The van der Waals surface area contributed by atoms with Crippen LogP contribution in [0.25, 0.3) is 10.8 Å². The molecular formula is C24H23NO5. The number of hydrogen-bond acceptors (Lipinski definition) is 5. The summed E-state index contributed by atoms with van der Waals surface area (Å²) >= 11 is 0. The summed E-state index contributed by atoms with van der Waals surface area (Å²) < 4.78 is 16.9. The Morgan fingerprint density at radius 1 is 1.03 bits per heavy atom. The molecule has 0 bridgehead atoms. The molecule has 1 aliphatic rings. The Labute approximate surface area is 175 Å². The number of benzene rings is 3. The summed E-state index contributed by atoms with van der Waals surface area (Å²) in [6, 6.07) is 14.7. The number of amides is 1. The topological polar surface area (TPSA) is 65.1 Å². The predicted molar refractivity (Wildman–Crippen MR) is 115 cm³/mol. The number of ether oxygens (including phenoxy) is 3. The molecule has 1 aliphatic heterocycles. The second-order valence-corrected chi connectivity index (χ2v) is 7.09. The molecule has 3 aromatic carbocycles. The van der Waals surface area contributed by atoms with Crippen molar-refractivity contribution in [2.45, 2.75) is 26.8 Å². The number of methoxy groups -OCH3 is 1. The fourth-order valence-electron chi connectivity index (χ4n) is 3.82. The van der Waals surface area contributed by atoms with Gasteiger partial charge in [0, 0.05) is 28.9 Å². The van der Waals surface area contributed by atoms with Crippen molar-refractivity contribution in [1.82, 2.24) is 0 Å². The Morgan fingerprint density at radius 2 is 1.70 bits per heavy atom. The van der Waals surface area contributed by atoms with Gasteiger partial charge in [0.1, 0.15) is 17.2 Å².